The van der Waals surface area contributed by atoms with Crippen molar-refractivity contribution in [2.75, 3.05) is 5.32 Å². The maximum absolute atomic E-state index is 12.6. The van der Waals surface area contributed by atoms with E-state index in [9.17, 15) is 9.59 Å². The number of benzene rings is 1. The van der Waals surface area contributed by atoms with Crippen LogP contribution >= 0.6 is 11.3 Å². The van der Waals surface area contributed by atoms with E-state index in [2.05, 4.69) is 10.3 Å². The third-order valence-corrected chi connectivity index (χ3v) is 4.76. The minimum atomic E-state index is -0.640. The van der Waals surface area contributed by atoms with E-state index in [-0.39, 0.29) is 11.5 Å². The van der Waals surface area contributed by atoms with Crippen molar-refractivity contribution >= 4 is 33.1 Å². The van der Waals surface area contributed by atoms with Crippen molar-refractivity contribution < 1.29 is 4.79 Å². The molecule has 3 rings (SSSR count). The summed E-state index contributed by atoms with van der Waals surface area (Å²) in [4.78, 5) is 31.0. The summed E-state index contributed by atoms with van der Waals surface area (Å²) in [6, 6.07) is 8.72. The summed E-state index contributed by atoms with van der Waals surface area (Å²) in [5, 5.41) is 3.43. The quantitative estimate of drug-likeness (QED) is 0.803. The van der Waals surface area contributed by atoms with Crippen LogP contribution in [0.1, 0.15) is 23.4 Å². The van der Waals surface area contributed by atoms with Gasteiger partial charge in [-0.05, 0) is 38.5 Å². The summed E-state index contributed by atoms with van der Waals surface area (Å²) in [5.41, 5.74) is 1.53. The summed E-state index contributed by atoms with van der Waals surface area (Å²) in [7, 11) is 0. The minimum Gasteiger partial charge on any atom is -0.324 e. The molecule has 118 valence electrons. The van der Waals surface area contributed by atoms with Crippen molar-refractivity contribution in [1.29, 1.82) is 0 Å². The van der Waals surface area contributed by atoms with Gasteiger partial charge in [0.25, 0.3) is 5.56 Å². The van der Waals surface area contributed by atoms with E-state index in [1.54, 1.807) is 6.92 Å². The molecule has 5 nitrogen and oxygen atoms in total. The van der Waals surface area contributed by atoms with E-state index in [4.69, 9.17) is 0 Å². The second-order valence-corrected chi connectivity index (χ2v) is 6.75. The molecule has 0 radical (unpaired) electrons. The molecule has 6 heteroatoms. The smallest absolute Gasteiger partial charge is 0.262 e. The van der Waals surface area contributed by atoms with E-state index in [1.807, 2.05) is 44.2 Å². The number of thiophene rings is 1. The Hall–Kier alpha value is -2.47. The lowest BCUT2D eigenvalue weighted by Gasteiger charge is -2.15. The van der Waals surface area contributed by atoms with E-state index in [1.165, 1.54) is 22.2 Å². The number of rotatable bonds is 3. The van der Waals surface area contributed by atoms with Crippen LogP contribution in [0.15, 0.2) is 41.5 Å². The van der Waals surface area contributed by atoms with Crippen molar-refractivity contribution in [3.63, 3.8) is 0 Å². The highest BCUT2D eigenvalue weighted by Gasteiger charge is 2.19. The summed E-state index contributed by atoms with van der Waals surface area (Å²) >= 11 is 1.47. The van der Waals surface area contributed by atoms with Crippen LogP contribution in [0.4, 0.5) is 5.69 Å². The van der Waals surface area contributed by atoms with Crippen LogP contribution in [0, 0.1) is 13.8 Å². The maximum atomic E-state index is 12.6. The molecule has 0 saturated heterocycles. The Morgan fingerprint density at radius 2 is 2.04 bits per heavy atom. The zero-order valence-corrected chi connectivity index (χ0v) is 14.0. The molecule has 0 aliphatic rings. The fourth-order valence-electron chi connectivity index (χ4n) is 2.41. The highest BCUT2D eigenvalue weighted by molar-refractivity contribution is 7.18. The van der Waals surface area contributed by atoms with Crippen molar-refractivity contribution in [2.45, 2.75) is 26.8 Å². The Labute approximate surface area is 137 Å². The third kappa shape index (κ3) is 2.90. The number of nitrogens with one attached hydrogen (secondary N) is 1. The standard InChI is InChI=1S/C17H17N3O2S/c1-10-6-4-5-7-14(10)19-15(21)12(3)20-9-18-16-13(17(20)22)8-11(2)23-16/h4-9,12H,1-3H3,(H,19,21)/t12-/m1/s1. The monoisotopic (exact) mass is 327 g/mol. The van der Waals surface area contributed by atoms with Crippen molar-refractivity contribution in [3.05, 3.63) is 57.5 Å². The van der Waals surface area contributed by atoms with Gasteiger partial charge in [-0.1, -0.05) is 18.2 Å². The number of aromatic nitrogens is 2. The first-order valence-corrected chi connectivity index (χ1v) is 8.13. The number of carbonyl (C=O) groups is 1. The second kappa shape index (κ2) is 5.96. The lowest BCUT2D eigenvalue weighted by atomic mass is 10.2. The van der Waals surface area contributed by atoms with Crippen molar-refractivity contribution in [1.82, 2.24) is 9.55 Å². The molecule has 0 aliphatic carbocycles. The number of hydrogen-bond donors (Lipinski definition) is 1. The van der Waals surface area contributed by atoms with Gasteiger partial charge in [0, 0.05) is 10.6 Å². The maximum Gasteiger partial charge on any atom is 0.262 e. The Balaban J connectivity index is 1.92. The normalized spacial score (nSPS) is 12.3. The molecule has 23 heavy (non-hydrogen) atoms. The fraction of sp³-hybridized carbons (Fsp3) is 0.235. The lowest BCUT2D eigenvalue weighted by Crippen LogP contribution is -2.31. The zero-order valence-electron chi connectivity index (χ0n) is 13.2. The summed E-state index contributed by atoms with van der Waals surface area (Å²) in [6.45, 7) is 5.56. The summed E-state index contributed by atoms with van der Waals surface area (Å²) in [6.07, 6.45) is 1.45. The molecule has 1 N–H and O–H groups in total. The van der Waals surface area contributed by atoms with Crippen LogP contribution in [0.5, 0.6) is 0 Å². The third-order valence-electron chi connectivity index (χ3n) is 3.80. The number of para-hydroxylation sites is 1. The number of hydrogen-bond acceptors (Lipinski definition) is 4. The molecule has 0 unspecified atom stereocenters. The van der Waals surface area contributed by atoms with Gasteiger partial charge in [0.1, 0.15) is 10.9 Å². The molecule has 0 bridgehead atoms. The Bertz CT molecular complexity index is 942. The lowest BCUT2D eigenvalue weighted by molar-refractivity contribution is -0.118. The molecule has 3 aromatic rings. The molecule has 0 aliphatic heterocycles. The van der Waals surface area contributed by atoms with Crippen LogP contribution in [0.3, 0.4) is 0 Å². The zero-order chi connectivity index (χ0) is 16.6. The average molecular weight is 327 g/mol. The number of nitrogens with zero attached hydrogens (tertiary/aromatic N) is 2. The fourth-order valence-corrected chi connectivity index (χ4v) is 3.25. The first kappa shape index (κ1) is 15.4. The first-order chi connectivity index (χ1) is 11.0. The number of anilines is 1. The van der Waals surface area contributed by atoms with Crippen LogP contribution in [0.25, 0.3) is 10.2 Å². The molecule has 1 atom stereocenters. The topological polar surface area (TPSA) is 64.0 Å². The van der Waals surface area contributed by atoms with Gasteiger partial charge in [-0.3, -0.25) is 14.2 Å². The second-order valence-electron chi connectivity index (χ2n) is 5.51. The van der Waals surface area contributed by atoms with Gasteiger partial charge in [-0.2, -0.15) is 0 Å². The predicted octanol–water partition coefficient (Wildman–Crippen LogP) is 3.27. The van der Waals surface area contributed by atoms with Crippen LogP contribution in [-0.4, -0.2) is 15.5 Å². The first-order valence-electron chi connectivity index (χ1n) is 7.31. The van der Waals surface area contributed by atoms with Crippen molar-refractivity contribution in [2.24, 2.45) is 0 Å². The molecular formula is C17H17N3O2S. The molecule has 0 spiro atoms. The van der Waals surface area contributed by atoms with Gasteiger partial charge < -0.3 is 5.32 Å². The SMILES string of the molecule is Cc1cc2c(=O)n([C@H](C)C(=O)Nc3ccccc3C)cnc2s1. The van der Waals surface area contributed by atoms with Crippen molar-refractivity contribution in [3.8, 4) is 0 Å². The Morgan fingerprint density at radius 3 is 2.78 bits per heavy atom. The van der Waals surface area contributed by atoms with Gasteiger partial charge in [-0.25, -0.2) is 4.98 Å². The van der Waals surface area contributed by atoms with E-state index in [0.717, 1.165) is 16.1 Å². The molecule has 2 heterocycles. The molecule has 0 saturated carbocycles. The summed E-state index contributed by atoms with van der Waals surface area (Å²) in [5.74, 6) is -0.241. The van der Waals surface area contributed by atoms with Crippen LogP contribution in [0.2, 0.25) is 0 Å². The minimum absolute atomic E-state index is 0.188. The highest BCUT2D eigenvalue weighted by Crippen LogP contribution is 2.20. The van der Waals surface area contributed by atoms with E-state index < -0.39 is 6.04 Å². The predicted molar refractivity (Wildman–Crippen MR) is 93.1 cm³/mol. The van der Waals surface area contributed by atoms with Gasteiger partial charge in [0.05, 0.1) is 11.7 Å². The summed E-state index contributed by atoms with van der Waals surface area (Å²) < 4.78 is 1.38. The van der Waals surface area contributed by atoms with Gasteiger partial charge >= 0.3 is 0 Å². The average Bonchev–Trinajstić information content (AvgIpc) is 2.91. The number of fused-ring (bicyclic) bond motifs is 1. The Kier molecular flexibility index (Phi) is 4.00. The Morgan fingerprint density at radius 1 is 1.30 bits per heavy atom. The number of amides is 1. The molecule has 0 fully saturated rings. The molecule has 2 aromatic heterocycles. The molecule has 1 aromatic carbocycles. The molecular weight excluding hydrogens is 310 g/mol. The van der Waals surface area contributed by atoms with E-state index in [0.29, 0.717) is 10.2 Å². The van der Waals surface area contributed by atoms with Gasteiger partial charge in [0.15, 0.2) is 0 Å². The van der Waals surface area contributed by atoms with Crippen LogP contribution < -0.4 is 10.9 Å². The molecule has 1 amide bonds. The van der Waals surface area contributed by atoms with Gasteiger partial charge in [0.2, 0.25) is 5.91 Å². The number of aryl methyl sites for hydroxylation is 2. The highest BCUT2D eigenvalue weighted by atomic mass is 32.1. The largest absolute Gasteiger partial charge is 0.324 e. The number of carbonyl (C=O) groups excluding carboxylic acids is 1. The van der Waals surface area contributed by atoms with E-state index >= 15 is 0 Å². The van der Waals surface area contributed by atoms with Gasteiger partial charge in [-0.15, -0.1) is 11.3 Å². The van der Waals surface area contributed by atoms with Crippen LogP contribution in [-0.2, 0) is 4.79 Å².